The molecule has 1 heterocycles. The van der Waals surface area contributed by atoms with Crippen LogP contribution in [0, 0.1) is 5.82 Å². The number of methoxy groups -OCH3 is 1. The van der Waals surface area contributed by atoms with Crippen molar-refractivity contribution in [1.82, 2.24) is 4.57 Å². The lowest BCUT2D eigenvalue weighted by Crippen LogP contribution is -2.08. The van der Waals surface area contributed by atoms with Crippen molar-refractivity contribution in [3.05, 3.63) is 48.0 Å². The molecule has 0 N–H and O–H groups in total. The van der Waals surface area contributed by atoms with Crippen LogP contribution in [0.5, 0.6) is 0 Å². The molecule has 1 aromatic carbocycles. The number of carbonyl (C=O) groups is 1. The van der Waals surface area contributed by atoms with E-state index in [-0.39, 0.29) is 5.82 Å². The van der Waals surface area contributed by atoms with E-state index in [2.05, 4.69) is 0 Å². The van der Waals surface area contributed by atoms with E-state index in [0.29, 0.717) is 5.69 Å². The highest BCUT2D eigenvalue weighted by Gasteiger charge is 2.16. The average Bonchev–Trinajstić information content (AvgIpc) is 2.71. The quantitative estimate of drug-likeness (QED) is 0.746. The number of ether oxygens (including phenoxy) is 1. The number of hydrogen-bond donors (Lipinski definition) is 0. The zero-order valence-electron chi connectivity index (χ0n) is 9.61. The maximum Gasteiger partial charge on any atom is 0.355 e. The summed E-state index contributed by atoms with van der Waals surface area (Å²) in [4.78, 5) is 11.6. The number of esters is 1. The van der Waals surface area contributed by atoms with Crippen molar-refractivity contribution >= 4 is 5.97 Å². The lowest BCUT2D eigenvalue weighted by atomic mass is 10.1. The van der Waals surface area contributed by atoms with Crippen LogP contribution in [0.3, 0.4) is 0 Å². The van der Waals surface area contributed by atoms with Gasteiger partial charge in [0, 0.05) is 18.8 Å². The van der Waals surface area contributed by atoms with Gasteiger partial charge in [0.1, 0.15) is 11.5 Å². The van der Waals surface area contributed by atoms with E-state index < -0.39 is 5.97 Å². The second-order valence-corrected chi connectivity index (χ2v) is 3.69. The number of halogens is 1. The van der Waals surface area contributed by atoms with Crippen LogP contribution >= 0.6 is 0 Å². The molecule has 2 aromatic rings. The Morgan fingerprint density at radius 1 is 1.24 bits per heavy atom. The molecule has 3 nitrogen and oxygen atoms in total. The number of hydrogen-bond acceptors (Lipinski definition) is 2. The number of carbonyl (C=O) groups excluding carboxylic acids is 1. The second-order valence-electron chi connectivity index (χ2n) is 3.69. The Bertz CT molecular complexity index is 543. The average molecular weight is 233 g/mol. The summed E-state index contributed by atoms with van der Waals surface area (Å²) in [5.41, 5.74) is 1.98. The van der Waals surface area contributed by atoms with E-state index in [1.54, 1.807) is 36.0 Å². The predicted molar refractivity (Wildman–Crippen MR) is 62.1 cm³/mol. The predicted octanol–water partition coefficient (Wildman–Crippen LogP) is 2.62. The maximum atomic E-state index is 12.8. The number of rotatable bonds is 2. The number of nitrogens with zero attached hydrogens (tertiary/aromatic N) is 1. The summed E-state index contributed by atoms with van der Waals surface area (Å²) >= 11 is 0. The first-order valence-corrected chi connectivity index (χ1v) is 5.13. The molecular weight excluding hydrogens is 221 g/mol. The molecule has 0 atom stereocenters. The van der Waals surface area contributed by atoms with Crippen molar-refractivity contribution in [2.75, 3.05) is 7.11 Å². The van der Waals surface area contributed by atoms with Gasteiger partial charge in [-0.05, 0) is 23.8 Å². The molecule has 0 aliphatic heterocycles. The number of aromatic nitrogens is 1. The van der Waals surface area contributed by atoms with Crippen molar-refractivity contribution in [2.24, 2.45) is 7.05 Å². The first-order valence-electron chi connectivity index (χ1n) is 5.13. The van der Waals surface area contributed by atoms with Crippen molar-refractivity contribution in [3.63, 3.8) is 0 Å². The van der Waals surface area contributed by atoms with E-state index in [1.165, 1.54) is 19.2 Å². The standard InChI is InChI=1S/C13H12FNO2/c1-15-8-7-11(12(15)13(16)17-2)9-3-5-10(14)6-4-9/h3-8H,1-2H3. The van der Waals surface area contributed by atoms with Gasteiger partial charge in [-0.2, -0.15) is 0 Å². The minimum atomic E-state index is -0.406. The molecule has 0 radical (unpaired) electrons. The zero-order chi connectivity index (χ0) is 12.4. The van der Waals surface area contributed by atoms with Crippen LogP contribution in [-0.4, -0.2) is 17.6 Å². The molecule has 0 aliphatic carbocycles. The van der Waals surface area contributed by atoms with Gasteiger partial charge < -0.3 is 9.30 Å². The third-order valence-corrected chi connectivity index (χ3v) is 2.61. The van der Waals surface area contributed by atoms with Gasteiger partial charge in [0.25, 0.3) is 0 Å². The van der Waals surface area contributed by atoms with E-state index in [1.807, 2.05) is 0 Å². The molecule has 2 rings (SSSR count). The van der Waals surface area contributed by atoms with Gasteiger partial charge in [0.05, 0.1) is 7.11 Å². The minimum Gasteiger partial charge on any atom is -0.464 e. The summed E-state index contributed by atoms with van der Waals surface area (Å²) in [5, 5.41) is 0. The van der Waals surface area contributed by atoms with Crippen LogP contribution < -0.4 is 0 Å². The van der Waals surface area contributed by atoms with E-state index in [0.717, 1.165) is 11.1 Å². The molecule has 0 aliphatic rings. The molecule has 88 valence electrons. The summed E-state index contributed by atoms with van der Waals surface area (Å²) in [6, 6.07) is 7.81. The fourth-order valence-corrected chi connectivity index (χ4v) is 1.74. The Balaban J connectivity index is 2.52. The van der Waals surface area contributed by atoms with Crippen LogP contribution in [0.15, 0.2) is 36.5 Å². The topological polar surface area (TPSA) is 31.2 Å². The highest BCUT2D eigenvalue weighted by atomic mass is 19.1. The van der Waals surface area contributed by atoms with Crippen molar-refractivity contribution in [3.8, 4) is 11.1 Å². The Kier molecular flexibility index (Phi) is 2.95. The molecule has 0 unspecified atom stereocenters. The fraction of sp³-hybridized carbons (Fsp3) is 0.154. The number of benzene rings is 1. The SMILES string of the molecule is COC(=O)c1c(-c2ccc(F)cc2)ccn1C. The summed E-state index contributed by atoms with van der Waals surface area (Å²) in [6.45, 7) is 0. The van der Waals surface area contributed by atoms with Crippen LogP contribution in [0.1, 0.15) is 10.5 Å². The lowest BCUT2D eigenvalue weighted by molar-refractivity contribution is 0.0591. The van der Waals surface area contributed by atoms with Crippen molar-refractivity contribution < 1.29 is 13.9 Å². The highest BCUT2D eigenvalue weighted by Crippen LogP contribution is 2.25. The third-order valence-electron chi connectivity index (χ3n) is 2.61. The van der Waals surface area contributed by atoms with Crippen LogP contribution in [0.4, 0.5) is 4.39 Å². The van der Waals surface area contributed by atoms with Gasteiger partial charge in [-0.25, -0.2) is 9.18 Å². The summed E-state index contributed by atoms with van der Waals surface area (Å²) < 4.78 is 19.2. The first-order chi connectivity index (χ1) is 8.13. The van der Waals surface area contributed by atoms with Crippen LogP contribution in [-0.2, 0) is 11.8 Å². The van der Waals surface area contributed by atoms with Crippen LogP contribution in [0.25, 0.3) is 11.1 Å². The van der Waals surface area contributed by atoms with Crippen molar-refractivity contribution in [1.29, 1.82) is 0 Å². The third kappa shape index (κ3) is 2.06. The zero-order valence-corrected chi connectivity index (χ0v) is 9.61. The van der Waals surface area contributed by atoms with Crippen molar-refractivity contribution in [2.45, 2.75) is 0 Å². The Morgan fingerprint density at radius 2 is 1.88 bits per heavy atom. The summed E-state index contributed by atoms with van der Waals surface area (Å²) in [7, 11) is 3.10. The maximum absolute atomic E-state index is 12.8. The largest absolute Gasteiger partial charge is 0.464 e. The lowest BCUT2D eigenvalue weighted by Gasteiger charge is -2.05. The molecular formula is C13H12FNO2. The molecule has 4 heteroatoms. The molecule has 0 fully saturated rings. The van der Waals surface area contributed by atoms with Gasteiger partial charge in [0.2, 0.25) is 0 Å². The van der Waals surface area contributed by atoms with E-state index in [9.17, 15) is 9.18 Å². The molecule has 17 heavy (non-hydrogen) atoms. The van der Waals surface area contributed by atoms with Gasteiger partial charge in [-0.15, -0.1) is 0 Å². The molecule has 0 saturated carbocycles. The minimum absolute atomic E-state index is 0.302. The highest BCUT2D eigenvalue weighted by molar-refractivity contribution is 5.95. The van der Waals surface area contributed by atoms with E-state index >= 15 is 0 Å². The molecule has 1 aromatic heterocycles. The molecule has 0 amide bonds. The number of aryl methyl sites for hydroxylation is 1. The first kappa shape index (κ1) is 11.4. The molecule has 0 saturated heterocycles. The monoisotopic (exact) mass is 233 g/mol. The van der Waals surface area contributed by atoms with Gasteiger partial charge in [-0.1, -0.05) is 12.1 Å². The Labute approximate surface area is 98.4 Å². The van der Waals surface area contributed by atoms with Gasteiger partial charge >= 0.3 is 5.97 Å². The van der Waals surface area contributed by atoms with E-state index in [4.69, 9.17) is 4.74 Å². The molecule has 0 spiro atoms. The fourth-order valence-electron chi connectivity index (χ4n) is 1.74. The normalized spacial score (nSPS) is 10.3. The van der Waals surface area contributed by atoms with Gasteiger partial charge in [0.15, 0.2) is 0 Å². The van der Waals surface area contributed by atoms with Crippen LogP contribution in [0.2, 0.25) is 0 Å². The second kappa shape index (κ2) is 4.41. The molecule has 0 bridgehead atoms. The van der Waals surface area contributed by atoms with Gasteiger partial charge in [-0.3, -0.25) is 0 Å². The smallest absolute Gasteiger partial charge is 0.355 e. The summed E-state index contributed by atoms with van der Waals surface area (Å²) in [5.74, 6) is -0.707. The summed E-state index contributed by atoms with van der Waals surface area (Å²) in [6.07, 6.45) is 1.77. The Morgan fingerprint density at radius 3 is 2.47 bits per heavy atom. The Hall–Kier alpha value is -2.10.